The largest absolute Gasteiger partial charge is 0.413 e. The lowest BCUT2D eigenvalue weighted by Gasteiger charge is -2.54. The Hall–Kier alpha value is -0.163. The second-order valence-electron chi connectivity index (χ2n) is 10.7. The van der Waals surface area contributed by atoms with E-state index < -0.39 is 8.32 Å². The first-order valence-electron chi connectivity index (χ1n) is 10.0. The van der Waals surface area contributed by atoms with Crippen molar-refractivity contribution in [2.24, 2.45) is 11.3 Å². The molecule has 5 atom stereocenters. The molecule has 0 aromatic carbocycles. The van der Waals surface area contributed by atoms with Gasteiger partial charge >= 0.3 is 0 Å². The average Bonchev–Trinajstić information content (AvgIpc) is 3.22. The lowest BCUT2D eigenvalue weighted by Crippen LogP contribution is -2.54. The van der Waals surface area contributed by atoms with Gasteiger partial charge in [0.15, 0.2) is 8.32 Å². The molecule has 0 aromatic heterocycles. The maximum absolute atomic E-state index is 10.5. The molecule has 144 valence electrons. The van der Waals surface area contributed by atoms with Crippen molar-refractivity contribution in [2.45, 2.75) is 103 Å². The molecule has 1 heterocycles. The van der Waals surface area contributed by atoms with E-state index in [1.807, 2.05) is 0 Å². The molecule has 3 nitrogen and oxygen atoms in total. The molecule has 4 heteroatoms. The van der Waals surface area contributed by atoms with Crippen LogP contribution in [0.2, 0.25) is 18.1 Å². The quantitative estimate of drug-likeness (QED) is 0.431. The van der Waals surface area contributed by atoms with Crippen LogP contribution in [-0.4, -0.2) is 37.8 Å². The number of rotatable bonds is 3. The highest BCUT2D eigenvalue weighted by Crippen LogP contribution is 2.57. The molecule has 0 bridgehead atoms. The van der Waals surface area contributed by atoms with Gasteiger partial charge in [0.05, 0.1) is 24.4 Å². The van der Waals surface area contributed by atoms with Gasteiger partial charge in [0.25, 0.3) is 0 Å². The highest BCUT2D eigenvalue weighted by Gasteiger charge is 2.56. The zero-order valence-corrected chi connectivity index (χ0v) is 18.5. The summed E-state index contributed by atoms with van der Waals surface area (Å²) < 4.78 is 12.8. The Bertz CT molecular complexity index is 570. The maximum atomic E-state index is 10.5. The van der Waals surface area contributed by atoms with Crippen LogP contribution < -0.4 is 0 Å². The summed E-state index contributed by atoms with van der Waals surface area (Å²) >= 11 is 0. The van der Waals surface area contributed by atoms with Crippen LogP contribution in [0.1, 0.15) is 67.2 Å². The topological polar surface area (TPSA) is 42.0 Å². The molecular formula is C21H38O3Si. The van der Waals surface area contributed by atoms with E-state index in [0.29, 0.717) is 5.92 Å². The van der Waals surface area contributed by atoms with E-state index in [-0.39, 0.29) is 28.3 Å². The summed E-state index contributed by atoms with van der Waals surface area (Å²) in [4.78, 5) is 0. The van der Waals surface area contributed by atoms with Gasteiger partial charge in [-0.3, -0.25) is 0 Å². The van der Waals surface area contributed by atoms with Gasteiger partial charge in [-0.05, 0) is 69.2 Å². The van der Waals surface area contributed by atoms with Gasteiger partial charge in [-0.15, -0.1) is 0 Å². The first kappa shape index (κ1) is 19.6. The van der Waals surface area contributed by atoms with Crippen LogP contribution in [0.3, 0.4) is 0 Å². The second kappa shape index (κ2) is 5.92. The summed E-state index contributed by atoms with van der Waals surface area (Å²) in [5, 5.41) is 10.7. The van der Waals surface area contributed by atoms with Gasteiger partial charge in [0.1, 0.15) is 0 Å². The van der Waals surface area contributed by atoms with Crippen molar-refractivity contribution in [1.82, 2.24) is 0 Å². The molecule has 1 aliphatic heterocycles. The van der Waals surface area contributed by atoms with Crippen molar-refractivity contribution in [2.75, 3.05) is 6.61 Å². The van der Waals surface area contributed by atoms with Crippen molar-refractivity contribution < 1.29 is 14.3 Å². The average molecular weight is 367 g/mol. The number of hydrogen-bond donors (Lipinski definition) is 1. The van der Waals surface area contributed by atoms with Crippen molar-refractivity contribution in [3.05, 3.63) is 11.1 Å². The fourth-order valence-corrected chi connectivity index (χ4v) is 6.00. The summed E-state index contributed by atoms with van der Waals surface area (Å²) in [5.41, 5.74) is 2.75. The van der Waals surface area contributed by atoms with E-state index >= 15 is 0 Å². The third-order valence-corrected chi connectivity index (χ3v) is 12.5. The highest BCUT2D eigenvalue weighted by molar-refractivity contribution is 6.74. The minimum Gasteiger partial charge on any atom is -0.413 e. The molecule has 2 fully saturated rings. The molecule has 25 heavy (non-hydrogen) atoms. The summed E-state index contributed by atoms with van der Waals surface area (Å²) in [6.45, 7) is 19.3. The maximum Gasteiger partial charge on any atom is 0.192 e. The monoisotopic (exact) mass is 366 g/mol. The Morgan fingerprint density at radius 3 is 2.36 bits per heavy atom. The molecule has 2 aliphatic carbocycles. The van der Waals surface area contributed by atoms with Crippen molar-refractivity contribution >= 4 is 8.32 Å². The van der Waals surface area contributed by atoms with Crippen LogP contribution in [0.4, 0.5) is 0 Å². The predicted molar refractivity (Wildman–Crippen MR) is 105 cm³/mol. The van der Waals surface area contributed by atoms with Gasteiger partial charge in [-0.1, -0.05) is 33.3 Å². The number of fused-ring (bicyclic) bond motifs is 1. The van der Waals surface area contributed by atoms with Gasteiger partial charge < -0.3 is 14.3 Å². The number of hydrogen-bond acceptors (Lipinski definition) is 3. The predicted octanol–water partition coefficient (Wildman–Crippen LogP) is 5.05. The molecular weight excluding hydrogens is 328 g/mol. The van der Waals surface area contributed by atoms with E-state index in [2.05, 4.69) is 54.6 Å². The van der Waals surface area contributed by atoms with Crippen LogP contribution in [0.15, 0.2) is 11.1 Å². The highest BCUT2D eigenvalue weighted by atomic mass is 28.4. The number of aliphatic hydroxyl groups excluding tert-OH is 1. The smallest absolute Gasteiger partial charge is 0.192 e. The van der Waals surface area contributed by atoms with Crippen LogP contribution in [0, 0.1) is 11.3 Å². The van der Waals surface area contributed by atoms with Gasteiger partial charge in [-0.25, -0.2) is 0 Å². The molecule has 1 N–H and O–H groups in total. The number of ether oxygens (including phenoxy) is 1. The van der Waals surface area contributed by atoms with Gasteiger partial charge in [0.2, 0.25) is 0 Å². The first-order valence-corrected chi connectivity index (χ1v) is 12.9. The summed E-state index contributed by atoms with van der Waals surface area (Å²) in [6, 6.07) is 0. The fraction of sp³-hybridized carbons (Fsp3) is 0.905. The first-order chi connectivity index (χ1) is 11.3. The minimum absolute atomic E-state index is 0.0199. The van der Waals surface area contributed by atoms with Crippen molar-refractivity contribution in [3.63, 3.8) is 0 Å². The Labute approximate surface area is 155 Å². The molecule has 0 spiro atoms. The van der Waals surface area contributed by atoms with Crippen LogP contribution in [-0.2, 0) is 9.16 Å². The SMILES string of the molecule is CC1=C2C[C@H](C3(C)CO3)C[C@H](O[Si](C)(C)C(C)(C)C)[C@@]2(C)CC[C@@H]1O. The molecule has 0 radical (unpaired) electrons. The molecule has 1 unspecified atom stereocenters. The lowest BCUT2D eigenvalue weighted by molar-refractivity contribution is -0.00976. The summed E-state index contributed by atoms with van der Waals surface area (Å²) in [5.74, 6) is 0.505. The van der Waals surface area contributed by atoms with Crippen LogP contribution in [0.5, 0.6) is 0 Å². The second-order valence-corrected chi connectivity index (χ2v) is 15.5. The third-order valence-electron chi connectivity index (χ3n) is 7.97. The van der Waals surface area contributed by atoms with Crippen molar-refractivity contribution in [3.8, 4) is 0 Å². The Morgan fingerprint density at radius 1 is 1.24 bits per heavy atom. The fourth-order valence-electron chi connectivity index (χ4n) is 4.58. The Morgan fingerprint density at radius 2 is 1.84 bits per heavy atom. The molecule has 0 aromatic rings. The molecule has 3 aliphatic rings. The van der Waals surface area contributed by atoms with E-state index in [1.165, 1.54) is 11.1 Å². The van der Waals surface area contributed by atoms with Gasteiger partial charge in [0, 0.05) is 5.41 Å². The third kappa shape index (κ3) is 3.28. The Balaban J connectivity index is 1.97. The normalized spacial score (nSPS) is 42.4. The van der Waals surface area contributed by atoms with Crippen LogP contribution >= 0.6 is 0 Å². The van der Waals surface area contributed by atoms with E-state index in [1.54, 1.807) is 0 Å². The zero-order valence-electron chi connectivity index (χ0n) is 17.5. The van der Waals surface area contributed by atoms with Crippen LogP contribution in [0.25, 0.3) is 0 Å². The van der Waals surface area contributed by atoms with E-state index in [9.17, 15) is 5.11 Å². The lowest BCUT2D eigenvalue weighted by atomic mass is 9.58. The summed E-state index contributed by atoms with van der Waals surface area (Å²) in [7, 11) is -1.85. The molecule has 1 saturated heterocycles. The zero-order chi connectivity index (χ0) is 18.8. The van der Waals surface area contributed by atoms with Gasteiger partial charge in [-0.2, -0.15) is 0 Å². The Kier molecular flexibility index (Phi) is 4.64. The van der Waals surface area contributed by atoms with Crippen molar-refractivity contribution in [1.29, 1.82) is 0 Å². The molecule has 1 saturated carbocycles. The minimum atomic E-state index is -1.85. The number of epoxide rings is 1. The number of aliphatic hydroxyl groups is 1. The summed E-state index contributed by atoms with van der Waals surface area (Å²) in [6.07, 6.45) is 4.01. The molecule has 3 rings (SSSR count). The standard InChI is InChI=1S/C21H38O3Si/c1-14-16-11-15(21(6)13-23-21)12-18(20(16,5)10-9-17(14)22)24-25(7,8)19(2,3)4/h15,17-18,22H,9-13H2,1-8H3/t15-,17-,18-,20-,21?/m0/s1. The van der Waals surface area contributed by atoms with E-state index in [0.717, 1.165) is 32.3 Å². The molecule has 0 amide bonds. The van der Waals surface area contributed by atoms with E-state index in [4.69, 9.17) is 9.16 Å².